The third kappa shape index (κ3) is 2.69. The van der Waals surface area contributed by atoms with Gasteiger partial charge >= 0.3 is 12.1 Å². The van der Waals surface area contributed by atoms with Gasteiger partial charge < -0.3 is 9.84 Å². The van der Waals surface area contributed by atoms with Gasteiger partial charge in [0.2, 0.25) is 0 Å². The van der Waals surface area contributed by atoms with Crippen molar-refractivity contribution in [3.05, 3.63) is 18.0 Å². The lowest BCUT2D eigenvalue weighted by molar-refractivity contribution is -0.144. The molecule has 7 heteroatoms. The zero-order valence-corrected chi connectivity index (χ0v) is 11.2. The molecule has 1 N–H and O–H groups in total. The first kappa shape index (κ1) is 13.4. The molecule has 1 aromatic heterocycles. The summed E-state index contributed by atoms with van der Waals surface area (Å²) in [6.45, 7) is 5.96. The van der Waals surface area contributed by atoms with Crippen LogP contribution in [0.2, 0.25) is 0 Å². The Morgan fingerprint density at radius 1 is 1.42 bits per heavy atom. The minimum absolute atomic E-state index is 0.264. The molecule has 1 atom stereocenters. The Hall–Kier alpha value is -2.05. The molecule has 0 aromatic carbocycles. The molecule has 2 rings (SSSR count). The van der Waals surface area contributed by atoms with Crippen molar-refractivity contribution in [3.63, 3.8) is 0 Å². The predicted molar refractivity (Wildman–Crippen MR) is 65.5 cm³/mol. The van der Waals surface area contributed by atoms with Gasteiger partial charge in [0.15, 0.2) is 6.04 Å². The van der Waals surface area contributed by atoms with E-state index in [2.05, 4.69) is 5.10 Å². The SMILES string of the molecule is CC(C)(C)OC(=O)N1CCn2nccc2C1C(=O)O. The van der Waals surface area contributed by atoms with Crippen molar-refractivity contribution in [2.75, 3.05) is 6.54 Å². The second-order valence-electron chi connectivity index (χ2n) is 5.39. The minimum Gasteiger partial charge on any atom is -0.479 e. The number of hydrogen-bond donors (Lipinski definition) is 1. The number of carbonyl (C=O) groups is 2. The Labute approximate surface area is 110 Å². The van der Waals surface area contributed by atoms with Crippen molar-refractivity contribution < 1.29 is 19.4 Å². The molecular formula is C12H17N3O4. The van der Waals surface area contributed by atoms with Crippen LogP contribution in [0.25, 0.3) is 0 Å². The van der Waals surface area contributed by atoms with Gasteiger partial charge in [-0.15, -0.1) is 0 Å². The molecule has 0 saturated heterocycles. The molecule has 104 valence electrons. The molecular weight excluding hydrogens is 250 g/mol. The predicted octanol–water partition coefficient (Wildman–Crippen LogP) is 1.26. The van der Waals surface area contributed by atoms with Crippen LogP contribution in [0.3, 0.4) is 0 Å². The molecule has 0 aliphatic carbocycles. The number of aliphatic carboxylic acids is 1. The first-order chi connectivity index (χ1) is 8.79. The van der Waals surface area contributed by atoms with E-state index in [9.17, 15) is 14.7 Å². The van der Waals surface area contributed by atoms with E-state index in [1.54, 1.807) is 31.5 Å². The lowest BCUT2D eigenvalue weighted by atomic mass is 10.1. The number of fused-ring (bicyclic) bond motifs is 1. The molecule has 7 nitrogen and oxygen atoms in total. The molecule has 1 aromatic rings. The fourth-order valence-corrected chi connectivity index (χ4v) is 2.03. The summed E-state index contributed by atoms with van der Waals surface area (Å²) in [6.07, 6.45) is 0.913. The second-order valence-corrected chi connectivity index (χ2v) is 5.39. The van der Waals surface area contributed by atoms with Crippen LogP contribution in [0.4, 0.5) is 4.79 Å². The van der Waals surface area contributed by atoms with Crippen molar-refractivity contribution in [2.45, 2.75) is 39.0 Å². The highest BCUT2D eigenvalue weighted by atomic mass is 16.6. The fraction of sp³-hybridized carbons (Fsp3) is 0.583. The van der Waals surface area contributed by atoms with E-state index < -0.39 is 23.7 Å². The van der Waals surface area contributed by atoms with Crippen molar-refractivity contribution >= 4 is 12.1 Å². The van der Waals surface area contributed by atoms with E-state index in [1.807, 2.05) is 0 Å². The van der Waals surface area contributed by atoms with E-state index in [0.29, 0.717) is 12.2 Å². The zero-order valence-electron chi connectivity index (χ0n) is 11.2. The number of nitrogens with zero attached hydrogens (tertiary/aromatic N) is 3. The Morgan fingerprint density at radius 3 is 2.68 bits per heavy atom. The van der Waals surface area contributed by atoms with Gasteiger partial charge in [-0.3, -0.25) is 9.58 Å². The lowest BCUT2D eigenvalue weighted by Gasteiger charge is -2.34. The van der Waals surface area contributed by atoms with Crippen molar-refractivity contribution in [1.29, 1.82) is 0 Å². The highest BCUT2D eigenvalue weighted by Crippen LogP contribution is 2.26. The average Bonchev–Trinajstić information content (AvgIpc) is 2.72. The average molecular weight is 267 g/mol. The molecule has 0 saturated carbocycles. The van der Waals surface area contributed by atoms with E-state index in [1.165, 1.54) is 11.1 Å². The van der Waals surface area contributed by atoms with Crippen molar-refractivity contribution in [2.24, 2.45) is 0 Å². The van der Waals surface area contributed by atoms with Gasteiger partial charge in [0, 0.05) is 12.7 Å². The normalized spacial score (nSPS) is 18.9. The Morgan fingerprint density at radius 2 is 2.11 bits per heavy atom. The molecule has 0 spiro atoms. The largest absolute Gasteiger partial charge is 0.479 e. The minimum atomic E-state index is -1.09. The van der Waals surface area contributed by atoms with Crippen LogP contribution < -0.4 is 0 Å². The fourth-order valence-electron chi connectivity index (χ4n) is 2.03. The number of hydrogen-bond acceptors (Lipinski definition) is 4. The van der Waals surface area contributed by atoms with Gasteiger partial charge in [0.05, 0.1) is 12.2 Å². The topological polar surface area (TPSA) is 84.7 Å². The Bertz CT molecular complexity index is 503. The summed E-state index contributed by atoms with van der Waals surface area (Å²) in [7, 11) is 0. The van der Waals surface area contributed by atoms with Crippen LogP contribution >= 0.6 is 0 Å². The molecule has 1 amide bonds. The van der Waals surface area contributed by atoms with E-state index in [4.69, 9.17) is 4.74 Å². The summed E-state index contributed by atoms with van der Waals surface area (Å²) in [6, 6.07) is 0.557. The smallest absolute Gasteiger partial charge is 0.411 e. The van der Waals surface area contributed by atoms with Crippen LogP contribution in [0.1, 0.15) is 32.5 Å². The van der Waals surface area contributed by atoms with Crippen molar-refractivity contribution in [1.82, 2.24) is 14.7 Å². The number of rotatable bonds is 1. The highest BCUT2D eigenvalue weighted by molar-refractivity contribution is 5.81. The first-order valence-corrected chi connectivity index (χ1v) is 6.04. The van der Waals surface area contributed by atoms with Gasteiger partial charge in [-0.05, 0) is 26.8 Å². The maximum atomic E-state index is 12.1. The maximum absolute atomic E-state index is 12.1. The molecule has 0 bridgehead atoms. The number of aromatic nitrogens is 2. The number of amides is 1. The summed E-state index contributed by atoms with van der Waals surface area (Å²) in [5.41, 5.74) is -0.165. The van der Waals surface area contributed by atoms with Gasteiger partial charge in [0.25, 0.3) is 0 Å². The number of carboxylic acids is 1. The van der Waals surface area contributed by atoms with Gasteiger partial charge in [-0.25, -0.2) is 9.59 Å². The van der Waals surface area contributed by atoms with E-state index in [-0.39, 0.29) is 6.54 Å². The number of carboxylic acid groups (broad SMARTS) is 1. The van der Waals surface area contributed by atoms with E-state index >= 15 is 0 Å². The zero-order chi connectivity index (χ0) is 14.2. The summed E-state index contributed by atoms with van der Waals surface area (Å²) in [4.78, 5) is 24.7. The third-order valence-corrected chi connectivity index (χ3v) is 2.76. The molecule has 2 heterocycles. The molecule has 1 aliphatic rings. The maximum Gasteiger partial charge on any atom is 0.411 e. The van der Waals surface area contributed by atoms with Crippen LogP contribution in [-0.4, -0.2) is 44.0 Å². The van der Waals surface area contributed by atoms with Crippen LogP contribution in [-0.2, 0) is 16.1 Å². The van der Waals surface area contributed by atoms with Gasteiger partial charge in [-0.2, -0.15) is 5.10 Å². The number of ether oxygens (including phenoxy) is 1. The highest BCUT2D eigenvalue weighted by Gasteiger charge is 2.38. The van der Waals surface area contributed by atoms with Gasteiger partial charge in [0.1, 0.15) is 5.60 Å². The van der Waals surface area contributed by atoms with Crippen LogP contribution in [0.15, 0.2) is 12.3 Å². The molecule has 0 fully saturated rings. The summed E-state index contributed by atoms with van der Waals surface area (Å²) < 4.78 is 6.84. The standard InChI is InChI=1S/C12H17N3O4/c1-12(2,3)19-11(18)14-6-7-15-8(4-5-13-15)9(14)10(16)17/h4-5,9H,6-7H2,1-3H3,(H,16,17). The summed E-state index contributed by atoms with van der Waals surface area (Å²) in [5.74, 6) is -1.09. The Balaban J connectivity index is 2.27. The van der Waals surface area contributed by atoms with Crippen molar-refractivity contribution in [3.8, 4) is 0 Å². The van der Waals surface area contributed by atoms with Crippen LogP contribution in [0, 0.1) is 0 Å². The summed E-state index contributed by atoms with van der Waals surface area (Å²) >= 11 is 0. The monoisotopic (exact) mass is 267 g/mol. The van der Waals surface area contributed by atoms with Gasteiger partial charge in [-0.1, -0.05) is 0 Å². The Kier molecular flexibility index (Phi) is 3.21. The lowest BCUT2D eigenvalue weighted by Crippen LogP contribution is -2.47. The van der Waals surface area contributed by atoms with Crippen LogP contribution in [0.5, 0.6) is 0 Å². The second kappa shape index (κ2) is 4.56. The molecule has 1 unspecified atom stereocenters. The number of carbonyl (C=O) groups excluding carboxylic acids is 1. The molecule has 0 radical (unpaired) electrons. The third-order valence-electron chi connectivity index (χ3n) is 2.76. The molecule has 1 aliphatic heterocycles. The first-order valence-electron chi connectivity index (χ1n) is 6.04. The summed E-state index contributed by atoms with van der Waals surface area (Å²) in [5, 5.41) is 13.4. The molecule has 19 heavy (non-hydrogen) atoms. The quantitative estimate of drug-likeness (QED) is 0.828. The van der Waals surface area contributed by atoms with E-state index in [0.717, 1.165) is 0 Å².